The van der Waals surface area contributed by atoms with Crippen molar-refractivity contribution in [2.24, 2.45) is 0 Å². The summed E-state index contributed by atoms with van der Waals surface area (Å²) in [6.45, 7) is 0. The minimum Gasteiger partial charge on any atom is -0.361 e. The lowest BCUT2D eigenvalue weighted by Crippen LogP contribution is -2.14. The molecule has 1 aliphatic carbocycles. The molecule has 1 aliphatic rings. The van der Waals surface area contributed by atoms with Gasteiger partial charge in [-0.2, -0.15) is 0 Å². The summed E-state index contributed by atoms with van der Waals surface area (Å²) in [4.78, 5) is 15.7. The molecule has 0 aliphatic heterocycles. The SMILES string of the molecule is O=C1/C(=C/c2ccc3[nH]ccc3c2)CCc2ccc(F)cc21. The molecule has 3 heteroatoms. The van der Waals surface area contributed by atoms with E-state index in [1.807, 2.05) is 36.5 Å². The number of aryl methyl sites for hydroxylation is 1. The second kappa shape index (κ2) is 4.95. The van der Waals surface area contributed by atoms with Crippen LogP contribution in [0.2, 0.25) is 0 Å². The first-order valence-corrected chi connectivity index (χ1v) is 7.31. The quantitative estimate of drug-likeness (QED) is 0.657. The van der Waals surface area contributed by atoms with Crippen LogP contribution in [0.4, 0.5) is 4.39 Å². The number of rotatable bonds is 1. The van der Waals surface area contributed by atoms with Crippen LogP contribution in [-0.4, -0.2) is 10.8 Å². The molecule has 0 fully saturated rings. The highest BCUT2D eigenvalue weighted by Gasteiger charge is 2.22. The zero-order valence-electron chi connectivity index (χ0n) is 11.9. The molecule has 1 aromatic heterocycles. The van der Waals surface area contributed by atoms with Gasteiger partial charge < -0.3 is 4.98 Å². The second-order valence-electron chi connectivity index (χ2n) is 5.62. The Kier molecular flexibility index (Phi) is 2.93. The molecule has 0 spiro atoms. The lowest BCUT2D eigenvalue weighted by Gasteiger charge is -2.17. The predicted octanol–water partition coefficient (Wildman–Crippen LogP) is 4.52. The highest BCUT2D eigenvalue weighted by atomic mass is 19.1. The van der Waals surface area contributed by atoms with Crippen LogP contribution in [0.15, 0.2) is 54.2 Å². The number of benzene rings is 2. The maximum Gasteiger partial charge on any atom is 0.189 e. The topological polar surface area (TPSA) is 32.9 Å². The summed E-state index contributed by atoms with van der Waals surface area (Å²) in [6.07, 6.45) is 5.29. The number of H-pyrrole nitrogens is 1. The maximum absolute atomic E-state index is 13.4. The van der Waals surface area contributed by atoms with Crippen molar-refractivity contribution in [2.45, 2.75) is 12.8 Å². The Labute approximate surface area is 127 Å². The van der Waals surface area contributed by atoms with Gasteiger partial charge in [0.1, 0.15) is 5.82 Å². The Morgan fingerprint density at radius 3 is 2.86 bits per heavy atom. The third-order valence-electron chi connectivity index (χ3n) is 4.19. The largest absolute Gasteiger partial charge is 0.361 e. The Morgan fingerprint density at radius 2 is 1.95 bits per heavy atom. The van der Waals surface area contributed by atoms with Crippen molar-refractivity contribution >= 4 is 22.8 Å². The molecule has 0 saturated carbocycles. The number of hydrogen-bond donors (Lipinski definition) is 1. The fraction of sp³-hybridized carbons (Fsp3) is 0.105. The average Bonchev–Trinajstić information content (AvgIpc) is 2.98. The Morgan fingerprint density at radius 1 is 1.05 bits per heavy atom. The summed E-state index contributed by atoms with van der Waals surface area (Å²) >= 11 is 0. The summed E-state index contributed by atoms with van der Waals surface area (Å²) in [7, 11) is 0. The van der Waals surface area contributed by atoms with Crippen molar-refractivity contribution in [1.29, 1.82) is 0 Å². The molecule has 22 heavy (non-hydrogen) atoms. The number of ketones is 1. The molecule has 1 heterocycles. The van der Waals surface area contributed by atoms with Crippen LogP contribution in [-0.2, 0) is 6.42 Å². The molecule has 0 atom stereocenters. The summed E-state index contributed by atoms with van der Waals surface area (Å²) in [6, 6.07) is 12.5. The Hall–Kier alpha value is -2.68. The van der Waals surface area contributed by atoms with Crippen LogP contribution < -0.4 is 0 Å². The van der Waals surface area contributed by atoms with Crippen LogP contribution in [0.3, 0.4) is 0 Å². The average molecular weight is 291 g/mol. The van der Waals surface area contributed by atoms with Gasteiger partial charge in [-0.15, -0.1) is 0 Å². The third-order valence-corrected chi connectivity index (χ3v) is 4.19. The number of allylic oxidation sites excluding steroid dienone is 1. The van der Waals surface area contributed by atoms with Gasteiger partial charge in [0.15, 0.2) is 5.78 Å². The number of fused-ring (bicyclic) bond motifs is 2. The minimum absolute atomic E-state index is 0.0603. The zero-order valence-corrected chi connectivity index (χ0v) is 11.9. The van der Waals surface area contributed by atoms with Gasteiger partial charge in [-0.25, -0.2) is 4.39 Å². The van der Waals surface area contributed by atoms with Gasteiger partial charge in [0.05, 0.1) is 0 Å². The highest BCUT2D eigenvalue weighted by Crippen LogP contribution is 2.28. The van der Waals surface area contributed by atoms with Gasteiger partial charge >= 0.3 is 0 Å². The standard InChI is InChI=1S/C19H14FNO/c20-16-5-4-13-2-3-15(19(22)17(13)11-16)10-12-1-6-18-14(9-12)7-8-21-18/h1,4-11,21H,2-3H2/b15-10+. The normalized spacial score (nSPS) is 16.2. The van der Waals surface area contributed by atoms with E-state index in [-0.39, 0.29) is 11.6 Å². The van der Waals surface area contributed by atoms with Crippen molar-refractivity contribution in [2.75, 3.05) is 0 Å². The van der Waals surface area contributed by atoms with Gasteiger partial charge in [-0.05, 0) is 65.8 Å². The van der Waals surface area contributed by atoms with E-state index in [4.69, 9.17) is 0 Å². The lowest BCUT2D eigenvalue weighted by atomic mass is 9.86. The molecule has 108 valence electrons. The van der Waals surface area contributed by atoms with E-state index < -0.39 is 0 Å². The predicted molar refractivity (Wildman–Crippen MR) is 85.3 cm³/mol. The molecule has 0 unspecified atom stereocenters. The van der Waals surface area contributed by atoms with Crippen LogP contribution in [0.1, 0.15) is 27.9 Å². The van der Waals surface area contributed by atoms with Gasteiger partial charge in [0.25, 0.3) is 0 Å². The molecule has 4 rings (SSSR count). The van der Waals surface area contributed by atoms with E-state index >= 15 is 0 Å². The Balaban J connectivity index is 1.74. The molecule has 0 saturated heterocycles. The first kappa shape index (κ1) is 13.0. The van der Waals surface area contributed by atoms with Gasteiger partial charge in [0, 0.05) is 22.9 Å². The van der Waals surface area contributed by atoms with E-state index in [1.54, 1.807) is 6.07 Å². The number of carbonyl (C=O) groups excluding carboxylic acids is 1. The number of aromatic amines is 1. The highest BCUT2D eigenvalue weighted by molar-refractivity contribution is 6.13. The number of Topliss-reactive ketones (excluding diaryl/α,β-unsaturated/α-hetero) is 1. The first-order valence-electron chi connectivity index (χ1n) is 7.31. The van der Waals surface area contributed by atoms with Crippen LogP contribution in [0, 0.1) is 5.82 Å². The summed E-state index contributed by atoms with van der Waals surface area (Å²) in [5, 5.41) is 1.11. The summed E-state index contributed by atoms with van der Waals surface area (Å²) < 4.78 is 13.4. The van der Waals surface area contributed by atoms with Crippen LogP contribution >= 0.6 is 0 Å². The molecule has 2 aromatic carbocycles. The van der Waals surface area contributed by atoms with E-state index in [0.29, 0.717) is 12.0 Å². The summed E-state index contributed by atoms with van der Waals surface area (Å²) in [5.41, 5.74) is 4.25. The van der Waals surface area contributed by atoms with Gasteiger partial charge in [-0.1, -0.05) is 12.1 Å². The van der Waals surface area contributed by atoms with E-state index in [0.717, 1.165) is 34.0 Å². The molecule has 0 bridgehead atoms. The lowest BCUT2D eigenvalue weighted by molar-refractivity contribution is 0.102. The fourth-order valence-electron chi connectivity index (χ4n) is 3.03. The number of aromatic nitrogens is 1. The zero-order chi connectivity index (χ0) is 15.1. The van der Waals surface area contributed by atoms with E-state index in [2.05, 4.69) is 4.98 Å². The maximum atomic E-state index is 13.4. The smallest absolute Gasteiger partial charge is 0.189 e. The monoisotopic (exact) mass is 291 g/mol. The van der Waals surface area contributed by atoms with Crippen molar-refractivity contribution in [3.05, 3.63) is 76.7 Å². The Bertz CT molecular complexity index is 920. The number of carbonyl (C=O) groups is 1. The molecule has 1 N–H and O–H groups in total. The molecular weight excluding hydrogens is 277 g/mol. The van der Waals surface area contributed by atoms with E-state index in [9.17, 15) is 9.18 Å². The van der Waals surface area contributed by atoms with Crippen molar-refractivity contribution in [3.8, 4) is 0 Å². The molecular formula is C19H14FNO. The van der Waals surface area contributed by atoms with Crippen LogP contribution in [0.5, 0.6) is 0 Å². The first-order chi connectivity index (χ1) is 10.7. The van der Waals surface area contributed by atoms with Gasteiger partial charge in [0.2, 0.25) is 0 Å². The van der Waals surface area contributed by atoms with Crippen molar-refractivity contribution in [3.63, 3.8) is 0 Å². The van der Waals surface area contributed by atoms with E-state index in [1.165, 1.54) is 12.1 Å². The molecule has 0 radical (unpaired) electrons. The third kappa shape index (κ3) is 2.15. The van der Waals surface area contributed by atoms with Crippen LogP contribution in [0.25, 0.3) is 17.0 Å². The number of nitrogens with one attached hydrogen (secondary N) is 1. The molecule has 2 nitrogen and oxygen atoms in total. The summed E-state index contributed by atoms with van der Waals surface area (Å²) in [5.74, 6) is -0.419. The second-order valence-corrected chi connectivity index (χ2v) is 5.62. The molecule has 0 amide bonds. The molecule has 3 aromatic rings. The number of hydrogen-bond acceptors (Lipinski definition) is 1. The minimum atomic E-state index is -0.359. The van der Waals surface area contributed by atoms with Gasteiger partial charge in [-0.3, -0.25) is 4.79 Å². The van der Waals surface area contributed by atoms with Crippen molar-refractivity contribution < 1.29 is 9.18 Å². The fourth-order valence-corrected chi connectivity index (χ4v) is 3.03. The number of halogens is 1. The van der Waals surface area contributed by atoms with Crippen molar-refractivity contribution in [1.82, 2.24) is 4.98 Å².